The Morgan fingerprint density at radius 1 is 1.25 bits per heavy atom. The maximum atomic E-state index is 11.3. The van der Waals surface area contributed by atoms with Crippen molar-refractivity contribution in [2.45, 2.75) is 6.92 Å². The monoisotopic (exact) mass is 291 g/mol. The first-order chi connectivity index (χ1) is 9.47. The van der Waals surface area contributed by atoms with Gasteiger partial charge in [-0.3, -0.25) is 14.9 Å². The first-order valence-electron chi connectivity index (χ1n) is 5.70. The maximum Gasteiger partial charge on any atom is 0.312 e. The Morgan fingerprint density at radius 3 is 2.60 bits per heavy atom. The summed E-state index contributed by atoms with van der Waals surface area (Å²) in [7, 11) is 0. The van der Waals surface area contributed by atoms with Crippen LogP contribution in [0.25, 0.3) is 0 Å². The predicted molar refractivity (Wildman–Crippen MR) is 74.6 cm³/mol. The summed E-state index contributed by atoms with van der Waals surface area (Å²) in [6.45, 7) is 1.34. The number of hydrogen-bond acceptors (Lipinski definition) is 4. The van der Waals surface area contributed by atoms with Crippen LogP contribution in [-0.4, -0.2) is 10.7 Å². The van der Waals surface area contributed by atoms with Crippen LogP contribution in [0.2, 0.25) is 5.02 Å². The molecule has 0 bridgehead atoms. The van der Waals surface area contributed by atoms with Gasteiger partial charge in [-0.25, -0.2) is 0 Å². The van der Waals surface area contributed by atoms with E-state index in [9.17, 15) is 14.9 Å². The number of nitrogens with zero attached hydrogens (tertiary/aromatic N) is 1. The second-order valence-electron chi connectivity index (χ2n) is 4.06. The molecule has 5 nitrogen and oxygen atoms in total. The van der Waals surface area contributed by atoms with Gasteiger partial charge < -0.3 is 4.74 Å². The van der Waals surface area contributed by atoms with Gasteiger partial charge in [0, 0.05) is 16.7 Å². The Balaban J connectivity index is 2.41. The molecular formula is C14H10ClNO4. The summed E-state index contributed by atoms with van der Waals surface area (Å²) in [5, 5.41) is 11.5. The van der Waals surface area contributed by atoms with Crippen LogP contribution in [0.5, 0.6) is 11.5 Å². The molecule has 2 rings (SSSR count). The summed E-state index contributed by atoms with van der Waals surface area (Å²) in [5.41, 5.74) is -0.00665. The lowest BCUT2D eigenvalue weighted by atomic mass is 10.1. The molecular weight excluding hydrogens is 282 g/mol. The number of nitro groups is 1. The third-order valence-corrected chi connectivity index (χ3v) is 2.82. The Hall–Kier alpha value is -2.40. The third-order valence-electron chi connectivity index (χ3n) is 2.59. The van der Waals surface area contributed by atoms with Gasteiger partial charge in [-0.2, -0.15) is 0 Å². The summed E-state index contributed by atoms with van der Waals surface area (Å²) >= 11 is 5.82. The smallest absolute Gasteiger partial charge is 0.312 e. The lowest BCUT2D eigenvalue weighted by Crippen LogP contribution is -1.98. The van der Waals surface area contributed by atoms with E-state index in [4.69, 9.17) is 16.3 Å². The third kappa shape index (κ3) is 3.13. The van der Waals surface area contributed by atoms with Gasteiger partial charge in [0.2, 0.25) is 5.75 Å². The molecule has 0 aliphatic heterocycles. The van der Waals surface area contributed by atoms with Crippen molar-refractivity contribution in [3.63, 3.8) is 0 Å². The van der Waals surface area contributed by atoms with Gasteiger partial charge in [0.25, 0.3) is 0 Å². The zero-order valence-electron chi connectivity index (χ0n) is 10.5. The highest BCUT2D eigenvalue weighted by atomic mass is 35.5. The lowest BCUT2D eigenvalue weighted by Gasteiger charge is -2.07. The lowest BCUT2D eigenvalue weighted by molar-refractivity contribution is -0.385. The van der Waals surface area contributed by atoms with E-state index in [0.29, 0.717) is 10.8 Å². The van der Waals surface area contributed by atoms with Gasteiger partial charge in [-0.15, -0.1) is 0 Å². The molecule has 0 spiro atoms. The topological polar surface area (TPSA) is 69.4 Å². The number of Topliss-reactive ketones (excluding diaryl/α,β-unsaturated/α-hetero) is 1. The molecule has 0 heterocycles. The summed E-state index contributed by atoms with van der Waals surface area (Å²) in [6.07, 6.45) is 0. The van der Waals surface area contributed by atoms with Crippen molar-refractivity contribution in [2.24, 2.45) is 0 Å². The summed E-state index contributed by atoms with van der Waals surface area (Å²) < 4.78 is 5.45. The maximum absolute atomic E-state index is 11.3. The molecule has 20 heavy (non-hydrogen) atoms. The van der Waals surface area contributed by atoms with Crippen LogP contribution < -0.4 is 4.74 Å². The molecule has 0 aromatic heterocycles. The van der Waals surface area contributed by atoms with E-state index >= 15 is 0 Å². The molecule has 0 fully saturated rings. The molecule has 0 aliphatic rings. The highest BCUT2D eigenvalue weighted by molar-refractivity contribution is 6.30. The van der Waals surface area contributed by atoms with E-state index in [1.807, 2.05) is 0 Å². The minimum atomic E-state index is -0.591. The van der Waals surface area contributed by atoms with Crippen LogP contribution in [0.4, 0.5) is 5.69 Å². The molecule has 0 atom stereocenters. The van der Waals surface area contributed by atoms with E-state index in [-0.39, 0.29) is 22.8 Å². The molecule has 2 aromatic carbocycles. The molecule has 0 amide bonds. The molecule has 0 radical (unpaired) electrons. The van der Waals surface area contributed by atoms with Gasteiger partial charge in [-0.1, -0.05) is 17.7 Å². The normalized spacial score (nSPS) is 10.1. The number of ketones is 1. The quantitative estimate of drug-likeness (QED) is 0.480. The van der Waals surface area contributed by atoms with Crippen LogP contribution in [0.15, 0.2) is 42.5 Å². The molecule has 0 aliphatic carbocycles. The predicted octanol–water partition coefficient (Wildman–Crippen LogP) is 4.24. The van der Waals surface area contributed by atoms with E-state index in [1.165, 1.54) is 25.1 Å². The van der Waals surface area contributed by atoms with Crippen molar-refractivity contribution in [1.29, 1.82) is 0 Å². The second kappa shape index (κ2) is 5.71. The van der Waals surface area contributed by atoms with E-state index in [1.54, 1.807) is 24.3 Å². The Morgan fingerprint density at radius 2 is 2.00 bits per heavy atom. The molecule has 6 heteroatoms. The van der Waals surface area contributed by atoms with Crippen molar-refractivity contribution in [1.82, 2.24) is 0 Å². The largest absolute Gasteiger partial charge is 0.450 e. The van der Waals surface area contributed by atoms with Gasteiger partial charge in [0.05, 0.1) is 4.92 Å². The van der Waals surface area contributed by atoms with Crippen LogP contribution in [0.3, 0.4) is 0 Å². The number of carbonyl (C=O) groups excluding carboxylic acids is 1. The highest BCUT2D eigenvalue weighted by Crippen LogP contribution is 2.33. The average Bonchev–Trinajstić information content (AvgIpc) is 2.38. The zero-order valence-corrected chi connectivity index (χ0v) is 11.3. The highest BCUT2D eigenvalue weighted by Gasteiger charge is 2.18. The minimum Gasteiger partial charge on any atom is -0.450 e. The average molecular weight is 292 g/mol. The molecule has 2 aromatic rings. The number of nitro benzene ring substituents is 1. The van der Waals surface area contributed by atoms with Gasteiger partial charge >= 0.3 is 5.69 Å². The van der Waals surface area contributed by atoms with Crippen molar-refractivity contribution in [3.8, 4) is 11.5 Å². The van der Waals surface area contributed by atoms with Crippen LogP contribution in [-0.2, 0) is 0 Å². The standard InChI is InChI=1S/C14H10ClNO4/c1-9(17)10-5-6-14(13(7-10)16(18)19)20-12-4-2-3-11(15)8-12/h2-8H,1H3. The number of benzene rings is 2. The first-order valence-corrected chi connectivity index (χ1v) is 6.08. The van der Waals surface area contributed by atoms with Gasteiger partial charge in [-0.05, 0) is 37.3 Å². The van der Waals surface area contributed by atoms with Crippen molar-refractivity contribution in [2.75, 3.05) is 0 Å². The fourth-order valence-electron chi connectivity index (χ4n) is 1.62. The summed E-state index contributed by atoms with van der Waals surface area (Å²) in [4.78, 5) is 21.7. The van der Waals surface area contributed by atoms with Crippen molar-refractivity contribution in [3.05, 3.63) is 63.2 Å². The Labute approximate surface area is 119 Å². The zero-order chi connectivity index (χ0) is 14.7. The van der Waals surface area contributed by atoms with E-state index in [2.05, 4.69) is 0 Å². The minimum absolute atomic E-state index is 0.0577. The van der Waals surface area contributed by atoms with Gasteiger partial charge in [0.15, 0.2) is 5.78 Å². The van der Waals surface area contributed by atoms with E-state index in [0.717, 1.165) is 0 Å². The number of halogens is 1. The molecule has 0 N–H and O–H groups in total. The molecule has 0 saturated heterocycles. The van der Waals surface area contributed by atoms with E-state index < -0.39 is 4.92 Å². The molecule has 0 saturated carbocycles. The van der Waals surface area contributed by atoms with Crippen LogP contribution in [0, 0.1) is 10.1 Å². The van der Waals surface area contributed by atoms with Gasteiger partial charge in [0.1, 0.15) is 5.75 Å². The fourth-order valence-corrected chi connectivity index (χ4v) is 1.80. The number of ether oxygens (including phenoxy) is 1. The van der Waals surface area contributed by atoms with Crippen LogP contribution in [0.1, 0.15) is 17.3 Å². The first kappa shape index (κ1) is 14.0. The van der Waals surface area contributed by atoms with Crippen molar-refractivity contribution >= 4 is 23.1 Å². The summed E-state index contributed by atoms with van der Waals surface area (Å²) in [5.74, 6) is 0.195. The summed E-state index contributed by atoms with van der Waals surface area (Å²) in [6, 6.07) is 10.6. The van der Waals surface area contributed by atoms with Crippen molar-refractivity contribution < 1.29 is 14.5 Å². The SMILES string of the molecule is CC(=O)c1ccc(Oc2cccc(Cl)c2)c([N+](=O)[O-])c1. The fraction of sp³-hybridized carbons (Fsp3) is 0.0714. The molecule has 0 unspecified atom stereocenters. The number of carbonyl (C=O) groups is 1. The Kier molecular flexibility index (Phi) is 4.00. The van der Waals surface area contributed by atoms with Crippen LogP contribution >= 0.6 is 11.6 Å². The second-order valence-corrected chi connectivity index (χ2v) is 4.49. The number of hydrogen-bond donors (Lipinski definition) is 0. The number of rotatable bonds is 4. The molecule has 102 valence electrons. The Bertz CT molecular complexity index is 685.